The lowest BCUT2D eigenvalue weighted by Gasteiger charge is -2.44. The Morgan fingerprint density at radius 1 is 1.33 bits per heavy atom. The summed E-state index contributed by atoms with van der Waals surface area (Å²) >= 11 is 11.8. The number of anilines is 1. The zero-order chi connectivity index (χ0) is 12.8. The third kappa shape index (κ3) is 1.87. The van der Waals surface area contributed by atoms with E-state index in [2.05, 4.69) is 14.9 Å². The lowest BCUT2D eigenvalue weighted by atomic mass is 9.89. The second-order valence-electron chi connectivity index (χ2n) is 5.16. The lowest BCUT2D eigenvalue weighted by molar-refractivity contribution is 0.172. The second kappa shape index (κ2) is 4.51. The van der Waals surface area contributed by atoms with Gasteiger partial charge in [0.2, 0.25) is 5.28 Å². The summed E-state index contributed by atoms with van der Waals surface area (Å²) in [5, 5.41) is 10.3. The van der Waals surface area contributed by atoms with Crippen LogP contribution in [-0.4, -0.2) is 33.3 Å². The van der Waals surface area contributed by atoms with Crippen LogP contribution >= 0.6 is 23.2 Å². The molecular formula is C12H15Cl2N3O. The number of aliphatic hydroxyl groups is 1. The molecule has 2 saturated heterocycles. The van der Waals surface area contributed by atoms with Gasteiger partial charge in [0.25, 0.3) is 0 Å². The van der Waals surface area contributed by atoms with Crippen molar-refractivity contribution in [3.05, 3.63) is 16.5 Å². The molecule has 0 aromatic carbocycles. The van der Waals surface area contributed by atoms with Gasteiger partial charge in [-0.05, 0) is 43.7 Å². The molecule has 0 radical (unpaired) electrons. The van der Waals surface area contributed by atoms with Crippen molar-refractivity contribution in [3.8, 4) is 0 Å². The standard InChI is InChI=1S/C12H15Cl2N3O/c13-9-6-10(16-11(14)15-9)17-8-2-1-4-12(17,7-18)5-3-8/h6,8,18H,1-5,7H2. The number of halogens is 2. The number of hydrogen-bond acceptors (Lipinski definition) is 4. The Bertz CT molecular complexity index is 446. The monoisotopic (exact) mass is 287 g/mol. The van der Waals surface area contributed by atoms with Gasteiger partial charge in [-0.2, -0.15) is 0 Å². The minimum absolute atomic E-state index is 0.155. The summed E-state index contributed by atoms with van der Waals surface area (Å²) in [5.41, 5.74) is -0.177. The molecule has 3 rings (SSSR count). The minimum Gasteiger partial charge on any atom is -0.394 e. The van der Waals surface area contributed by atoms with Crippen LogP contribution in [0.1, 0.15) is 32.1 Å². The molecule has 2 atom stereocenters. The number of rotatable bonds is 2. The Hall–Kier alpha value is -0.580. The summed E-state index contributed by atoms with van der Waals surface area (Å²) in [6, 6.07) is 2.18. The molecule has 0 aliphatic carbocycles. The van der Waals surface area contributed by atoms with Gasteiger partial charge >= 0.3 is 0 Å². The first-order chi connectivity index (χ1) is 8.64. The summed E-state index contributed by atoms with van der Waals surface area (Å²) < 4.78 is 0. The Labute approximate surface area is 116 Å². The molecule has 1 aromatic heterocycles. The second-order valence-corrected chi connectivity index (χ2v) is 5.88. The average Bonchev–Trinajstić information content (AvgIpc) is 2.56. The minimum atomic E-state index is -0.177. The molecule has 2 aliphatic heterocycles. The van der Waals surface area contributed by atoms with Crippen LogP contribution in [0.4, 0.5) is 5.82 Å². The molecule has 2 unspecified atom stereocenters. The highest BCUT2D eigenvalue weighted by Crippen LogP contribution is 2.46. The molecule has 1 aromatic rings. The topological polar surface area (TPSA) is 49.2 Å². The SMILES string of the molecule is OCC12CCCC(CC1)N2c1cc(Cl)nc(Cl)n1. The predicted molar refractivity (Wildman–Crippen MR) is 71.2 cm³/mol. The van der Waals surface area contributed by atoms with Crippen LogP contribution in [0.2, 0.25) is 10.4 Å². The summed E-state index contributed by atoms with van der Waals surface area (Å²) in [6.07, 6.45) is 5.40. The number of piperidine rings is 1. The predicted octanol–water partition coefficient (Wildman–Crippen LogP) is 2.67. The van der Waals surface area contributed by atoms with E-state index in [1.807, 2.05) is 0 Å². The highest BCUT2D eigenvalue weighted by molar-refractivity contribution is 6.32. The molecule has 1 N–H and O–H groups in total. The molecule has 2 aliphatic rings. The van der Waals surface area contributed by atoms with Crippen molar-refractivity contribution in [1.29, 1.82) is 0 Å². The summed E-state index contributed by atoms with van der Waals surface area (Å²) in [5.74, 6) is 0.747. The summed E-state index contributed by atoms with van der Waals surface area (Å²) in [4.78, 5) is 10.4. The van der Waals surface area contributed by atoms with Crippen molar-refractivity contribution in [2.75, 3.05) is 11.5 Å². The third-order valence-corrected chi connectivity index (χ3v) is 4.56. The van der Waals surface area contributed by atoms with Crippen LogP contribution in [0, 0.1) is 0 Å². The van der Waals surface area contributed by atoms with Gasteiger partial charge in [0.05, 0.1) is 12.1 Å². The Kier molecular flexibility index (Phi) is 3.12. The smallest absolute Gasteiger partial charge is 0.225 e. The van der Waals surface area contributed by atoms with Gasteiger partial charge in [0, 0.05) is 12.1 Å². The van der Waals surface area contributed by atoms with E-state index in [4.69, 9.17) is 23.2 Å². The number of aromatic nitrogens is 2. The first-order valence-corrected chi connectivity index (χ1v) is 7.00. The Morgan fingerprint density at radius 2 is 2.17 bits per heavy atom. The van der Waals surface area contributed by atoms with E-state index in [0.717, 1.165) is 37.9 Å². The summed E-state index contributed by atoms with van der Waals surface area (Å²) in [6.45, 7) is 0.155. The largest absolute Gasteiger partial charge is 0.394 e. The van der Waals surface area contributed by atoms with Crippen molar-refractivity contribution < 1.29 is 5.11 Å². The molecule has 18 heavy (non-hydrogen) atoms. The van der Waals surface area contributed by atoms with Crippen LogP contribution in [0.25, 0.3) is 0 Å². The quantitative estimate of drug-likeness (QED) is 0.671. The van der Waals surface area contributed by atoms with Crippen LogP contribution in [0.15, 0.2) is 6.07 Å². The van der Waals surface area contributed by atoms with Gasteiger partial charge in [-0.25, -0.2) is 9.97 Å². The number of aliphatic hydroxyl groups excluding tert-OH is 1. The van der Waals surface area contributed by atoms with E-state index in [1.165, 1.54) is 0 Å². The zero-order valence-corrected chi connectivity index (χ0v) is 11.5. The van der Waals surface area contributed by atoms with Crippen LogP contribution < -0.4 is 4.90 Å². The molecule has 3 heterocycles. The first-order valence-electron chi connectivity index (χ1n) is 6.25. The highest BCUT2D eigenvalue weighted by Gasteiger charge is 2.49. The molecule has 6 heteroatoms. The zero-order valence-electron chi connectivity index (χ0n) is 9.94. The molecule has 0 spiro atoms. The van der Waals surface area contributed by atoms with Crippen LogP contribution in [0.5, 0.6) is 0 Å². The van der Waals surface area contributed by atoms with Gasteiger partial charge in [-0.1, -0.05) is 11.6 Å². The molecule has 2 bridgehead atoms. The van der Waals surface area contributed by atoms with E-state index in [-0.39, 0.29) is 17.4 Å². The fourth-order valence-electron chi connectivity index (χ4n) is 3.42. The van der Waals surface area contributed by atoms with Crippen molar-refractivity contribution in [2.45, 2.75) is 43.7 Å². The maximum Gasteiger partial charge on any atom is 0.225 e. The highest BCUT2D eigenvalue weighted by atomic mass is 35.5. The molecular weight excluding hydrogens is 273 g/mol. The van der Waals surface area contributed by atoms with Crippen molar-refractivity contribution in [2.24, 2.45) is 0 Å². The van der Waals surface area contributed by atoms with Crippen molar-refractivity contribution in [3.63, 3.8) is 0 Å². The van der Waals surface area contributed by atoms with Crippen LogP contribution in [0.3, 0.4) is 0 Å². The van der Waals surface area contributed by atoms with E-state index in [9.17, 15) is 5.11 Å². The van der Waals surface area contributed by atoms with Gasteiger partial charge in [-0.15, -0.1) is 0 Å². The van der Waals surface area contributed by atoms with Gasteiger partial charge in [0.1, 0.15) is 11.0 Å². The fourth-order valence-corrected chi connectivity index (χ4v) is 3.82. The fraction of sp³-hybridized carbons (Fsp3) is 0.667. The van der Waals surface area contributed by atoms with E-state index >= 15 is 0 Å². The van der Waals surface area contributed by atoms with Gasteiger partial charge < -0.3 is 10.0 Å². The van der Waals surface area contributed by atoms with Crippen LogP contribution in [-0.2, 0) is 0 Å². The normalized spacial score (nSPS) is 30.8. The third-order valence-electron chi connectivity index (χ3n) is 4.19. The maximum absolute atomic E-state index is 9.79. The number of fused-ring (bicyclic) bond motifs is 2. The molecule has 98 valence electrons. The average molecular weight is 288 g/mol. The van der Waals surface area contributed by atoms with E-state index < -0.39 is 0 Å². The number of hydrogen-bond donors (Lipinski definition) is 1. The summed E-state index contributed by atoms with van der Waals surface area (Å²) in [7, 11) is 0. The molecule has 2 fully saturated rings. The van der Waals surface area contributed by atoms with Gasteiger partial charge in [0.15, 0.2) is 0 Å². The maximum atomic E-state index is 9.79. The van der Waals surface area contributed by atoms with Gasteiger partial charge in [-0.3, -0.25) is 0 Å². The molecule has 4 nitrogen and oxygen atoms in total. The Balaban J connectivity index is 2.04. The van der Waals surface area contributed by atoms with E-state index in [0.29, 0.717) is 11.2 Å². The number of nitrogens with zero attached hydrogens (tertiary/aromatic N) is 3. The first kappa shape index (κ1) is 12.5. The molecule has 0 amide bonds. The van der Waals surface area contributed by atoms with Crippen molar-refractivity contribution >= 4 is 29.0 Å². The lowest BCUT2D eigenvalue weighted by Crippen LogP contribution is -2.53. The van der Waals surface area contributed by atoms with Crippen molar-refractivity contribution in [1.82, 2.24) is 9.97 Å². The van der Waals surface area contributed by atoms with E-state index in [1.54, 1.807) is 6.07 Å². The Morgan fingerprint density at radius 3 is 2.89 bits per heavy atom. The molecule has 0 saturated carbocycles.